The third-order valence-electron chi connectivity index (χ3n) is 8.23. The maximum atomic E-state index is 12.6. The van der Waals surface area contributed by atoms with Crippen LogP contribution in [-0.2, 0) is 55.9 Å². The van der Waals surface area contributed by atoms with Crippen molar-refractivity contribution in [2.24, 2.45) is 0 Å². The highest BCUT2D eigenvalue weighted by Gasteiger charge is 2.58. The smallest absolute Gasteiger partial charge is 0.226 e. The number of hydrogen-bond donors (Lipinski definition) is 2. The molecule has 7 nitrogen and oxygen atoms in total. The Morgan fingerprint density at radius 3 is 1.45 bits per heavy atom. The average Bonchev–Trinajstić information content (AvgIpc) is 3.12. The fourth-order valence-corrected chi connectivity index (χ4v) is 5.85. The molecule has 5 atom stereocenters. The quantitative estimate of drug-likeness (QED) is 0.138. The standard InChI is InChI=1S/C40H40O7/c41-35-24-14-13-23-34(35)40(42)39(46-28-33-21-11-4-12-22-33)38(45-27-32-19-9-3-10-20-32)37(44-26-31-17-7-2-8-18-31)36(47-40)29-43-25-30-15-5-1-6-16-30/h1-24,36-39,41-42H,25-29H2/t36-,37-,38+,39-,40?/m1/s1. The van der Waals surface area contributed by atoms with Crippen molar-refractivity contribution >= 4 is 0 Å². The van der Waals surface area contributed by atoms with E-state index < -0.39 is 30.2 Å². The predicted octanol–water partition coefficient (Wildman–Crippen LogP) is 6.91. The van der Waals surface area contributed by atoms with Gasteiger partial charge in [-0.25, -0.2) is 0 Å². The summed E-state index contributed by atoms with van der Waals surface area (Å²) in [5.41, 5.74) is 4.00. The van der Waals surface area contributed by atoms with E-state index in [1.807, 2.05) is 121 Å². The van der Waals surface area contributed by atoms with Crippen LogP contribution in [0.5, 0.6) is 5.75 Å². The first-order valence-electron chi connectivity index (χ1n) is 15.9. The minimum Gasteiger partial charge on any atom is -0.507 e. The summed E-state index contributed by atoms with van der Waals surface area (Å²) in [5, 5.41) is 23.7. The zero-order chi connectivity index (χ0) is 32.3. The number of aromatic hydroxyl groups is 1. The Bertz CT molecular complexity index is 1640. The molecule has 0 aromatic heterocycles. The van der Waals surface area contributed by atoms with Crippen molar-refractivity contribution in [3.05, 3.63) is 173 Å². The molecule has 0 radical (unpaired) electrons. The summed E-state index contributed by atoms with van der Waals surface area (Å²) in [5.74, 6) is -2.24. The molecule has 0 spiro atoms. The molecule has 1 aliphatic rings. The molecular weight excluding hydrogens is 592 g/mol. The van der Waals surface area contributed by atoms with Crippen LogP contribution in [0.25, 0.3) is 0 Å². The largest absolute Gasteiger partial charge is 0.507 e. The van der Waals surface area contributed by atoms with Crippen molar-refractivity contribution in [3.63, 3.8) is 0 Å². The predicted molar refractivity (Wildman–Crippen MR) is 178 cm³/mol. The second-order valence-corrected chi connectivity index (χ2v) is 11.6. The minimum absolute atomic E-state index is 0.0842. The number of aliphatic hydroxyl groups is 1. The minimum atomic E-state index is -2.12. The molecule has 0 bridgehead atoms. The fraction of sp³-hybridized carbons (Fsp3) is 0.250. The third kappa shape index (κ3) is 8.34. The van der Waals surface area contributed by atoms with Crippen LogP contribution in [0.15, 0.2) is 146 Å². The van der Waals surface area contributed by atoms with Gasteiger partial charge in [-0.05, 0) is 34.4 Å². The molecule has 1 aliphatic heterocycles. The summed E-state index contributed by atoms with van der Waals surface area (Å²) < 4.78 is 32.7. The second-order valence-electron chi connectivity index (χ2n) is 11.6. The van der Waals surface area contributed by atoms with Crippen LogP contribution in [0.3, 0.4) is 0 Å². The van der Waals surface area contributed by atoms with Gasteiger partial charge in [0.05, 0.1) is 38.6 Å². The van der Waals surface area contributed by atoms with Gasteiger partial charge in [0.1, 0.15) is 30.2 Å². The molecule has 1 saturated heterocycles. The molecule has 0 amide bonds. The molecule has 47 heavy (non-hydrogen) atoms. The van der Waals surface area contributed by atoms with Crippen molar-refractivity contribution in [1.82, 2.24) is 0 Å². The summed E-state index contributed by atoms with van der Waals surface area (Å²) in [6.07, 6.45) is -3.47. The van der Waals surface area contributed by atoms with E-state index in [1.54, 1.807) is 18.2 Å². The van der Waals surface area contributed by atoms with Crippen LogP contribution in [0.1, 0.15) is 27.8 Å². The van der Waals surface area contributed by atoms with Gasteiger partial charge in [-0.2, -0.15) is 0 Å². The van der Waals surface area contributed by atoms with E-state index in [1.165, 1.54) is 6.07 Å². The molecule has 5 aromatic rings. The summed E-state index contributed by atoms with van der Waals surface area (Å²) >= 11 is 0. The molecule has 242 valence electrons. The van der Waals surface area contributed by atoms with Gasteiger partial charge in [-0.3, -0.25) is 0 Å². The van der Waals surface area contributed by atoms with Gasteiger partial charge in [-0.15, -0.1) is 0 Å². The van der Waals surface area contributed by atoms with Gasteiger partial charge in [-0.1, -0.05) is 133 Å². The Hall–Kier alpha value is -4.34. The Balaban J connectivity index is 1.38. The number of benzene rings is 5. The normalized spacial score (nSPS) is 22.6. The van der Waals surface area contributed by atoms with Crippen molar-refractivity contribution in [3.8, 4) is 5.75 Å². The van der Waals surface area contributed by atoms with Crippen molar-refractivity contribution in [2.75, 3.05) is 6.61 Å². The van der Waals surface area contributed by atoms with Crippen LogP contribution in [-0.4, -0.2) is 41.2 Å². The molecule has 2 N–H and O–H groups in total. The van der Waals surface area contributed by atoms with E-state index in [-0.39, 0.29) is 37.7 Å². The van der Waals surface area contributed by atoms with Gasteiger partial charge >= 0.3 is 0 Å². The van der Waals surface area contributed by atoms with E-state index in [0.717, 1.165) is 22.3 Å². The van der Waals surface area contributed by atoms with E-state index in [2.05, 4.69) is 0 Å². The summed E-state index contributed by atoms with van der Waals surface area (Å²) in [6.45, 7) is 1.09. The van der Waals surface area contributed by atoms with Gasteiger partial charge in [0.15, 0.2) is 0 Å². The van der Waals surface area contributed by atoms with Crippen LogP contribution >= 0.6 is 0 Å². The maximum absolute atomic E-state index is 12.6. The average molecular weight is 633 g/mol. The summed E-state index contributed by atoms with van der Waals surface area (Å²) in [6, 6.07) is 45.8. The Morgan fingerprint density at radius 2 is 0.936 bits per heavy atom. The first kappa shape index (κ1) is 32.6. The maximum Gasteiger partial charge on any atom is 0.226 e. The Labute approximate surface area is 275 Å². The number of phenolic OH excluding ortho intramolecular Hbond substituents is 1. The van der Waals surface area contributed by atoms with Crippen LogP contribution < -0.4 is 0 Å². The van der Waals surface area contributed by atoms with Crippen molar-refractivity contribution in [1.29, 1.82) is 0 Å². The van der Waals surface area contributed by atoms with Gasteiger partial charge in [0, 0.05) is 0 Å². The first-order chi connectivity index (χ1) is 23.1. The molecule has 0 aliphatic carbocycles. The number of phenols is 1. The molecule has 1 unspecified atom stereocenters. The molecule has 1 heterocycles. The Morgan fingerprint density at radius 1 is 0.511 bits per heavy atom. The van der Waals surface area contributed by atoms with E-state index in [9.17, 15) is 10.2 Å². The lowest BCUT2D eigenvalue weighted by Gasteiger charge is -2.50. The Kier molecular flexibility index (Phi) is 11.1. The monoisotopic (exact) mass is 632 g/mol. The summed E-state index contributed by atoms with van der Waals surface area (Å²) in [4.78, 5) is 0. The van der Waals surface area contributed by atoms with Gasteiger partial charge in [0.25, 0.3) is 0 Å². The molecule has 1 fully saturated rings. The topological polar surface area (TPSA) is 86.6 Å². The highest BCUT2D eigenvalue weighted by molar-refractivity contribution is 5.37. The van der Waals surface area contributed by atoms with Gasteiger partial charge < -0.3 is 33.9 Å². The molecule has 0 saturated carbocycles. The number of ether oxygens (including phenoxy) is 5. The number of para-hydroxylation sites is 1. The van der Waals surface area contributed by atoms with E-state index in [0.29, 0.717) is 6.61 Å². The molecular formula is C40H40O7. The molecule has 7 heteroatoms. The lowest BCUT2D eigenvalue weighted by atomic mass is 9.87. The van der Waals surface area contributed by atoms with Gasteiger partial charge in [0.2, 0.25) is 5.79 Å². The zero-order valence-electron chi connectivity index (χ0n) is 26.1. The van der Waals surface area contributed by atoms with Crippen molar-refractivity contribution < 1.29 is 33.9 Å². The number of hydrogen-bond acceptors (Lipinski definition) is 7. The van der Waals surface area contributed by atoms with Crippen LogP contribution in [0.2, 0.25) is 0 Å². The molecule has 5 aromatic carbocycles. The first-order valence-corrected chi connectivity index (χ1v) is 15.9. The molecule has 6 rings (SSSR count). The van der Waals surface area contributed by atoms with Crippen LogP contribution in [0, 0.1) is 0 Å². The van der Waals surface area contributed by atoms with Crippen molar-refractivity contribution in [2.45, 2.75) is 56.6 Å². The highest BCUT2D eigenvalue weighted by Crippen LogP contribution is 2.44. The second kappa shape index (κ2) is 16.0. The SMILES string of the molecule is Oc1ccccc1C1(O)O[C@H](COCc2ccccc2)[C@@H](OCc2ccccc2)[C@H](OCc2ccccc2)[C@H]1OCc1ccccc1. The third-order valence-corrected chi connectivity index (χ3v) is 8.23. The van der Waals surface area contributed by atoms with E-state index >= 15 is 0 Å². The highest BCUT2D eigenvalue weighted by atomic mass is 16.7. The van der Waals surface area contributed by atoms with Crippen LogP contribution in [0.4, 0.5) is 0 Å². The van der Waals surface area contributed by atoms with E-state index in [4.69, 9.17) is 23.7 Å². The lowest BCUT2D eigenvalue weighted by Crippen LogP contribution is -2.65. The number of rotatable bonds is 14. The zero-order valence-corrected chi connectivity index (χ0v) is 26.1. The lowest BCUT2D eigenvalue weighted by molar-refractivity contribution is -0.379. The fourth-order valence-electron chi connectivity index (χ4n) is 5.85. The summed E-state index contributed by atoms with van der Waals surface area (Å²) in [7, 11) is 0.